The SMILES string of the molecule is Cc1cc(Cl)c2nc(C(C)C)c(N=O)n2c1. The first-order chi connectivity index (χ1) is 7.54. The first-order valence-electron chi connectivity index (χ1n) is 5.06. The van der Waals surface area contributed by atoms with Crippen LogP contribution in [0.1, 0.15) is 31.0 Å². The molecule has 0 amide bonds. The van der Waals surface area contributed by atoms with Crippen molar-refractivity contribution in [3.8, 4) is 0 Å². The van der Waals surface area contributed by atoms with E-state index in [-0.39, 0.29) is 5.92 Å². The number of nitroso groups, excluding NO2 is 1. The van der Waals surface area contributed by atoms with E-state index >= 15 is 0 Å². The van der Waals surface area contributed by atoms with Crippen molar-refractivity contribution in [1.29, 1.82) is 0 Å². The minimum Gasteiger partial charge on any atom is -0.280 e. The van der Waals surface area contributed by atoms with Gasteiger partial charge in [-0.1, -0.05) is 25.4 Å². The van der Waals surface area contributed by atoms with E-state index in [4.69, 9.17) is 11.6 Å². The number of pyridine rings is 1. The fraction of sp³-hybridized carbons (Fsp3) is 0.364. The lowest BCUT2D eigenvalue weighted by Gasteiger charge is -2.00. The molecular formula is C11H12ClN3O. The second-order valence-corrected chi connectivity index (χ2v) is 4.53. The number of hydrogen-bond donors (Lipinski definition) is 0. The summed E-state index contributed by atoms with van der Waals surface area (Å²) < 4.78 is 1.65. The molecule has 2 rings (SSSR count). The van der Waals surface area contributed by atoms with E-state index in [2.05, 4.69) is 10.2 Å². The Morgan fingerprint density at radius 1 is 1.50 bits per heavy atom. The molecule has 0 bridgehead atoms. The zero-order valence-electron chi connectivity index (χ0n) is 9.36. The van der Waals surface area contributed by atoms with Crippen molar-refractivity contribution in [2.45, 2.75) is 26.7 Å². The molecule has 4 nitrogen and oxygen atoms in total. The topological polar surface area (TPSA) is 46.7 Å². The predicted molar refractivity (Wildman–Crippen MR) is 64.5 cm³/mol. The first kappa shape index (κ1) is 11.1. The summed E-state index contributed by atoms with van der Waals surface area (Å²) in [5, 5.41) is 3.59. The summed E-state index contributed by atoms with van der Waals surface area (Å²) in [6.45, 7) is 5.85. The predicted octanol–water partition coefficient (Wildman–Crippen LogP) is 3.82. The van der Waals surface area contributed by atoms with Crippen LogP contribution in [0.5, 0.6) is 0 Å². The molecule has 16 heavy (non-hydrogen) atoms. The third-order valence-electron chi connectivity index (χ3n) is 2.45. The molecule has 0 aliphatic heterocycles. The lowest BCUT2D eigenvalue weighted by Crippen LogP contribution is -1.88. The van der Waals surface area contributed by atoms with Gasteiger partial charge in [-0.25, -0.2) is 4.98 Å². The zero-order chi connectivity index (χ0) is 11.9. The largest absolute Gasteiger partial charge is 0.280 e. The van der Waals surface area contributed by atoms with Crippen molar-refractivity contribution in [3.05, 3.63) is 33.5 Å². The minimum absolute atomic E-state index is 0.143. The number of halogens is 1. The summed E-state index contributed by atoms with van der Waals surface area (Å²) in [4.78, 5) is 15.2. The van der Waals surface area contributed by atoms with Gasteiger partial charge in [0.2, 0.25) is 5.82 Å². The van der Waals surface area contributed by atoms with E-state index < -0.39 is 0 Å². The van der Waals surface area contributed by atoms with Crippen LogP contribution in [0.4, 0.5) is 5.82 Å². The molecule has 0 aliphatic carbocycles. The molecule has 0 aromatic carbocycles. The van der Waals surface area contributed by atoms with E-state index in [0.717, 1.165) is 5.56 Å². The molecule has 2 aromatic rings. The van der Waals surface area contributed by atoms with Gasteiger partial charge in [0.05, 0.1) is 10.7 Å². The Bertz CT molecular complexity index is 560. The summed E-state index contributed by atoms with van der Waals surface area (Å²) >= 11 is 6.08. The second kappa shape index (κ2) is 3.87. The molecule has 2 heterocycles. The molecule has 0 saturated heterocycles. The molecule has 0 aliphatic rings. The van der Waals surface area contributed by atoms with Crippen molar-refractivity contribution in [3.63, 3.8) is 0 Å². The van der Waals surface area contributed by atoms with Crippen LogP contribution in [0.15, 0.2) is 17.4 Å². The first-order valence-corrected chi connectivity index (χ1v) is 5.44. The lowest BCUT2D eigenvalue weighted by molar-refractivity contribution is 0.834. The molecule has 0 unspecified atom stereocenters. The summed E-state index contributed by atoms with van der Waals surface area (Å²) in [5.74, 6) is 0.486. The summed E-state index contributed by atoms with van der Waals surface area (Å²) in [7, 11) is 0. The Morgan fingerprint density at radius 2 is 2.19 bits per heavy atom. The van der Waals surface area contributed by atoms with Gasteiger partial charge in [0, 0.05) is 6.20 Å². The van der Waals surface area contributed by atoms with Crippen molar-refractivity contribution in [2.24, 2.45) is 5.18 Å². The quantitative estimate of drug-likeness (QED) is 0.746. The number of nitrogens with zero attached hydrogens (tertiary/aromatic N) is 3. The Balaban J connectivity index is 2.87. The van der Waals surface area contributed by atoms with Crippen LogP contribution in [0, 0.1) is 11.8 Å². The van der Waals surface area contributed by atoms with E-state index in [1.54, 1.807) is 4.40 Å². The maximum atomic E-state index is 10.9. The van der Waals surface area contributed by atoms with Gasteiger partial charge >= 0.3 is 0 Å². The summed E-state index contributed by atoms with van der Waals surface area (Å²) in [5.41, 5.74) is 2.24. The van der Waals surface area contributed by atoms with E-state index in [0.29, 0.717) is 22.2 Å². The van der Waals surface area contributed by atoms with Crippen LogP contribution >= 0.6 is 11.6 Å². The van der Waals surface area contributed by atoms with Crippen LogP contribution in [-0.4, -0.2) is 9.38 Å². The van der Waals surface area contributed by atoms with Crippen LogP contribution in [-0.2, 0) is 0 Å². The van der Waals surface area contributed by atoms with Crippen molar-refractivity contribution >= 4 is 23.1 Å². The highest BCUT2D eigenvalue weighted by atomic mass is 35.5. The fourth-order valence-corrected chi connectivity index (χ4v) is 2.02. The standard InChI is InChI=1S/C11H12ClN3O/c1-6(2)9-11(14-16)15-5-7(3)4-8(12)10(15)13-9/h4-6H,1-3H3. The Kier molecular flexibility index (Phi) is 2.68. The molecule has 2 aromatic heterocycles. The molecule has 0 radical (unpaired) electrons. The third kappa shape index (κ3) is 1.59. The van der Waals surface area contributed by atoms with E-state index in [9.17, 15) is 4.91 Å². The van der Waals surface area contributed by atoms with Gasteiger partial charge in [-0.15, -0.1) is 4.91 Å². The average molecular weight is 238 g/mol. The Hall–Kier alpha value is -1.42. The number of fused-ring (bicyclic) bond motifs is 1. The van der Waals surface area contributed by atoms with Crippen LogP contribution < -0.4 is 0 Å². The van der Waals surface area contributed by atoms with Crippen molar-refractivity contribution < 1.29 is 0 Å². The molecule has 0 spiro atoms. The lowest BCUT2D eigenvalue weighted by atomic mass is 10.1. The van der Waals surface area contributed by atoms with Crippen molar-refractivity contribution in [2.75, 3.05) is 0 Å². The highest BCUT2D eigenvalue weighted by molar-refractivity contribution is 6.33. The molecule has 0 atom stereocenters. The number of rotatable bonds is 2. The average Bonchev–Trinajstić information content (AvgIpc) is 2.56. The second-order valence-electron chi connectivity index (χ2n) is 4.13. The van der Waals surface area contributed by atoms with Crippen LogP contribution in [0.25, 0.3) is 5.65 Å². The summed E-state index contributed by atoms with van der Waals surface area (Å²) in [6.07, 6.45) is 1.82. The molecule has 0 fully saturated rings. The maximum Gasteiger partial charge on any atom is 0.205 e. The Labute approximate surface area is 98.2 Å². The highest BCUT2D eigenvalue weighted by Crippen LogP contribution is 2.30. The number of imidazole rings is 1. The van der Waals surface area contributed by atoms with Crippen molar-refractivity contribution in [1.82, 2.24) is 9.38 Å². The van der Waals surface area contributed by atoms with Gasteiger partial charge in [-0.2, -0.15) is 0 Å². The summed E-state index contributed by atoms with van der Waals surface area (Å²) in [6, 6.07) is 1.82. The minimum atomic E-state index is 0.143. The van der Waals surface area contributed by atoms with E-state index in [1.165, 1.54) is 0 Å². The molecule has 0 saturated carbocycles. The van der Waals surface area contributed by atoms with Gasteiger partial charge in [0.15, 0.2) is 5.65 Å². The number of hydrogen-bond acceptors (Lipinski definition) is 3. The molecule has 0 N–H and O–H groups in total. The van der Waals surface area contributed by atoms with Gasteiger partial charge in [-0.05, 0) is 29.6 Å². The molecule has 84 valence electrons. The molecule has 5 heteroatoms. The van der Waals surface area contributed by atoms with Gasteiger partial charge in [0.25, 0.3) is 0 Å². The number of aryl methyl sites for hydroxylation is 1. The van der Waals surface area contributed by atoms with Crippen LogP contribution in [0.3, 0.4) is 0 Å². The number of aromatic nitrogens is 2. The fourth-order valence-electron chi connectivity index (χ4n) is 1.72. The highest BCUT2D eigenvalue weighted by Gasteiger charge is 2.17. The monoisotopic (exact) mass is 237 g/mol. The smallest absolute Gasteiger partial charge is 0.205 e. The van der Waals surface area contributed by atoms with Gasteiger partial charge in [0.1, 0.15) is 0 Å². The van der Waals surface area contributed by atoms with Crippen LogP contribution in [0.2, 0.25) is 5.02 Å². The maximum absolute atomic E-state index is 10.9. The zero-order valence-corrected chi connectivity index (χ0v) is 10.1. The van der Waals surface area contributed by atoms with Gasteiger partial charge < -0.3 is 0 Å². The molecular weight excluding hydrogens is 226 g/mol. The normalized spacial score (nSPS) is 11.3. The third-order valence-corrected chi connectivity index (χ3v) is 2.72. The van der Waals surface area contributed by atoms with E-state index in [1.807, 2.05) is 33.0 Å². The van der Waals surface area contributed by atoms with Gasteiger partial charge in [-0.3, -0.25) is 4.40 Å². The Morgan fingerprint density at radius 3 is 2.75 bits per heavy atom.